The number of fused-ring (bicyclic) bond motifs is 1. The summed E-state index contributed by atoms with van der Waals surface area (Å²) in [4.78, 5) is 15.9. The van der Waals surface area contributed by atoms with Crippen molar-refractivity contribution < 1.29 is 4.42 Å². The molecule has 0 atom stereocenters. The van der Waals surface area contributed by atoms with Crippen LogP contribution in [-0.2, 0) is 7.05 Å². The lowest BCUT2D eigenvalue weighted by molar-refractivity contribution is 0.574. The van der Waals surface area contributed by atoms with Crippen LogP contribution in [0.3, 0.4) is 0 Å². The van der Waals surface area contributed by atoms with Crippen LogP contribution in [0.25, 0.3) is 22.2 Å². The van der Waals surface area contributed by atoms with E-state index in [1.807, 2.05) is 18.2 Å². The number of rotatable bonds is 1. The van der Waals surface area contributed by atoms with E-state index in [0.717, 1.165) is 10.9 Å². The maximum absolute atomic E-state index is 11.8. The number of pyridine rings is 1. The normalized spacial score (nSPS) is 10.9. The Hall–Kier alpha value is -2.36. The van der Waals surface area contributed by atoms with E-state index in [9.17, 15) is 4.79 Å². The molecule has 4 heteroatoms. The fourth-order valence-electron chi connectivity index (χ4n) is 1.84. The molecule has 0 aliphatic carbocycles. The highest BCUT2D eigenvalue weighted by Crippen LogP contribution is 2.21. The summed E-state index contributed by atoms with van der Waals surface area (Å²) < 4.78 is 6.79. The first-order valence-corrected chi connectivity index (χ1v) is 5.25. The number of benzene rings is 1. The van der Waals surface area contributed by atoms with Crippen molar-refractivity contribution in [1.29, 1.82) is 0 Å². The van der Waals surface area contributed by atoms with E-state index in [1.165, 1.54) is 6.26 Å². The molecule has 84 valence electrons. The molecule has 1 aromatic carbocycles. The standard InChI is InChI=1S/C13H10N2O2/c1-15-6-4-9-8-10(12-14-5-7-17-12)2-3-11(9)13(15)16/h2-8H,1H3. The summed E-state index contributed by atoms with van der Waals surface area (Å²) in [6.07, 6.45) is 4.89. The van der Waals surface area contributed by atoms with Crippen molar-refractivity contribution in [2.45, 2.75) is 0 Å². The van der Waals surface area contributed by atoms with Crippen molar-refractivity contribution in [2.75, 3.05) is 0 Å². The molecule has 0 saturated carbocycles. The van der Waals surface area contributed by atoms with Crippen molar-refractivity contribution in [3.63, 3.8) is 0 Å². The zero-order valence-corrected chi connectivity index (χ0v) is 9.25. The van der Waals surface area contributed by atoms with Crippen LogP contribution in [0.4, 0.5) is 0 Å². The Kier molecular flexibility index (Phi) is 2.08. The molecule has 0 radical (unpaired) electrons. The summed E-state index contributed by atoms with van der Waals surface area (Å²) in [5, 5.41) is 1.59. The number of hydrogen-bond acceptors (Lipinski definition) is 3. The molecule has 17 heavy (non-hydrogen) atoms. The van der Waals surface area contributed by atoms with Crippen LogP contribution < -0.4 is 5.56 Å². The van der Waals surface area contributed by atoms with Crippen molar-refractivity contribution in [1.82, 2.24) is 9.55 Å². The summed E-state index contributed by atoms with van der Waals surface area (Å²) >= 11 is 0. The first-order valence-electron chi connectivity index (χ1n) is 5.25. The van der Waals surface area contributed by atoms with Crippen LogP contribution in [-0.4, -0.2) is 9.55 Å². The van der Waals surface area contributed by atoms with Crippen molar-refractivity contribution >= 4 is 10.8 Å². The third kappa shape index (κ3) is 1.54. The molecule has 4 nitrogen and oxygen atoms in total. The van der Waals surface area contributed by atoms with Crippen LogP contribution in [0.15, 0.2) is 52.1 Å². The molecule has 3 aromatic rings. The average Bonchev–Trinajstić information content (AvgIpc) is 2.87. The maximum atomic E-state index is 11.8. The van der Waals surface area contributed by atoms with Crippen molar-refractivity contribution in [2.24, 2.45) is 7.05 Å². The van der Waals surface area contributed by atoms with Crippen LogP contribution >= 0.6 is 0 Å². The van der Waals surface area contributed by atoms with Gasteiger partial charge in [-0.1, -0.05) is 0 Å². The van der Waals surface area contributed by atoms with E-state index >= 15 is 0 Å². The van der Waals surface area contributed by atoms with Gasteiger partial charge in [0, 0.05) is 24.2 Å². The predicted octanol–water partition coefficient (Wildman–Crippen LogP) is 2.19. The molecule has 0 amide bonds. The number of aryl methyl sites for hydroxylation is 1. The fraction of sp³-hybridized carbons (Fsp3) is 0.0769. The van der Waals surface area contributed by atoms with E-state index in [-0.39, 0.29) is 5.56 Å². The van der Waals surface area contributed by atoms with Gasteiger partial charge in [0.15, 0.2) is 0 Å². The van der Waals surface area contributed by atoms with Gasteiger partial charge < -0.3 is 8.98 Å². The highest BCUT2D eigenvalue weighted by atomic mass is 16.3. The first-order chi connectivity index (χ1) is 8.25. The predicted molar refractivity (Wildman–Crippen MR) is 64.7 cm³/mol. The van der Waals surface area contributed by atoms with Gasteiger partial charge in [0.25, 0.3) is 5.56 Å². The molecule has 0 bridgehead atoms. The van der Waals surface area contributed by atoms with E-state index in [2.05, 4.69) is 4.98 Å². The Morgan fingerprint density at radius 3 is 2.94 bits per heavy atom. The Morgan fingerprint density at radius 2 is 2.18 bits per heavy atom. The lowest BCUT2D eigenvalue weighted by Crippen LogP contribution is -2.15. The lowest BCUT2D eigenvalue weighted by Gasteiger charge is -2.02. The molecule has 0 saturated heterocycles. The molecular weight excluding hydrogens is 216 g/mol. The monoisotopic (exact) mass is 226 g/mol. The Bertz CT molecular complexity index is 727. The zero-order chi connectivity index (χ0) is 11.8. The minimum absolute atomic E-state index is 0.00135. The summed E-state index contributed by atoms with van der Waals surface area (Å²) in [6.45, 7) is 0. The highest BCUT2D eigenvalue weighted by molar-refractivity contribution is 5.85. The zero-order valence-electron chi connectivity index (χ0n) is 9.25. The van der Waals surface area contributed by atoms with E-state index in [4.69, 9.17) is 4.42 Å². The van der Waals surface area contributed by atoms with Gasteiger partial charge in [0.2, 0.25) is 5.89 Å². The number of oxazole rings is 1. The van der Waals surface area contributed by atoms with Crippen molar-refractivity contribution in [3.05, 3.63) is 53.3 Å². The molecule has 0 fully saturated rings. The Morgan fingerprint density at radius 1 is 1.29 bits per heavy atom. The highest BCUT2D eigenvalue weighted by Gasteiger charge is 2.05. The first kappa shape index (κ1) is 9.84. The van der Waals surface area contributed by atoms with Gasteiger partial charge in [-0.3, -0.25) is 4.79 Å². The number of hydrogen-bond donors (Lipinski definition) is 0. The summed E-state index contributed by atoms with van der Waals surface area (Å²) in [7, 11) is 1.74. The van der Waals surface area contributed by atoms with Gasteiger partial charge in [-0.05, 0) is 29.7 Å². The van der Waals surface area contributed by atoms with Gasteiger partial charge in [0.05, 0.1) is 6.20 Å². The smallest absolute Gasteiger partial charge is 0.258 e. The maximum Gasteiger partial charge on any atom is 0.258 e. The van der Waals surface area contributed by atoms with E-state index in [1.54, 1.807) is 30.1 Å². The van der Waals surface area contributed by atoms with Gasteiger partial charge >= 0.3 is 0 Å². The van der Waals surface area contributed by atoms with Gasteiger partial charge in [0.1, 0.15) is 6.26 Å². The second kappa shape index (κ2) is 3.59. The molecule has 0 aliphatic heterocycles. The topological polar surface area (TPSA) is 48.0 Å². The number of aromatic nitrogens is 2. The van der Waals surface area contributed by atoms with Crippen LogP contribution in [0.2, 0.25) is 0 Å². The molecule has 0 spiro atoms. The Balaban J connectivity index is 2.28. The summed E-state index contributed by atoms with van der Waals surface area (Å²) in [5.74, 6) is 0.563. The van der Waals surface area contributed by atoms with Crippen LogP contribution in [0.1, 0.15) is 0 Å². The quantitative estimate of drug-likeness (QED) is 0.639. The van der Waals surface area contributed by atoms with E-state index in [0.29, 0.717) is 11.3 Å². The summed E-state index contributed by atoms with van der Waals surface area (Å²) in [5.41, 5.74) is 0.872. The molecule has 3 rings (SSSR count). The fourth-order valence-corrected chi connectivity index (χ4v) is 1.84. The van der Waals surface area contributed by atoms with Gasteiger partial charge in [-0.25, -0.2) is 4.98 Å². The summed E-state index contributed by atoms with van der Waals surface area (Å²) in [6, 6.07) is 7.46. The SMILES string of the molecule is Cn1ccc2cc(-c3ncco3)ccc2c1=O. The second-order valence-corrected chi connectivity index (χ2v) is 3.87. The minimum atomic E-state index is 0.00135. The third-order valence-electron chi connectivity index (χ3n) is 2.76. The average molecular weight is 226 g/mol. The Labute approximate surface area is 97.1 Å². The van der Waals surface area contributed by atoms with Gasteiger partial charge in [-0.2, -0.15) is 0 Å². The van der Waals surface area contributed by atoms with Crippen LogP contribution in [0, 0.1) is 0 Å². The van der Waals surface area contributed by atoms with Gasteiger partial charge in [-0.15, -0.1) is 0 Å². The molecule has 0 N–H and O–H groups in total. The second-order valence-electron chi connectivity index (χ2n) is 3.87. The number of nitrogens with zero attached hydrogens (tertiary/aromatic N) is 2. The molecule has 2 heterocycles. The van der Waals surface area contributed by atoms with E-state index < -0.39 is 0 Å². The molecular formula is C13H10N2O2. The molecule has 0 unspecified atom stereocenters. The van der Waals surface area contributed by atoms with Crippen LogP contribution in [0.5, 0.6) is 0 Å². The molecule has 0 aliphatic rings. The molecule has 2 aromatic heterocycles. The van der Waals surface area contributed by atoms with Crippen molar-refractivity contribution in [3.8, 4) is 11.5 Å². The largest absolute Gasteiger partial charge is 0.445 e. The minimum Gasteiger partial charge on any atom is -0.445 e. The third-order valence-corrected chi connectivity index (χ3v) is 2.76. The lowest BCUT2D eigenvalue weighted by atomic mass is 10.1.